The van der Waals surface area contributed by atoms with Gasteiger partial charge in [0.2, 0.25) is 0 Å². The van der Waals surface area contributed by atoms with Crippen molar-refractivity contribution in [2.45, 2.75) is 31.2 Å². The Bertz CT molecular complexity index is 1010. The maximum absolute atomic E-state index is 6.29. The van der Waals surface area contributed by atoms with Crippen molar-refractivity contribution >= 4 is 34.4 Å². The summed E-state index contributed by atoms with van der Waals surface area (Å²) < 4.78 is 0. The van der Waals surface area contributed by atoms with E-state index in [9.17, 15) is 0 Å². The molecule has 4 rings (SSSR count). The lowest BCUT2D eigenvalue weighted by molar-refractivity contribution is 0.280. The number of hydrogen-bond acceptors (Lipinski definition) is 2. The third kappa shape index (κ3) is 5.51. The largest absolute Gasteiger partial charge is 0.372 e. The molecule has 0 spiro atoms. The monoisotopic (exact) mass is 472 g/mol. The molecule has 1 saturated heterocycles. The van der Waals surface area contributed by atoms with Gasteiger partial charge in [-0.05, 0) is 35.4 Å². The average molecular weight is 473 g/mol. The minimum atomic E-state index is 0.125. The Morgan fingerprint density at radius 3 is 1.82 bits per heavy atom. The van der Waals surface area contributed by atoms with Gasteiger partial charge in [0.05, 0.1) is 16.0 Å². The fourth-order valence-corrected chi connectivity index (χ4v) is 5.60. The highest BCUT2D eigenvalue weighted by atomic mass is 32.1. The van der Waals surface area contributed by atoms with Crippen LogP contribution in [-0.4, -0.2) is 40.4 Å². The maximum Gasteiger partial charge on any atom is 0.0824 e. The summed E-state index contributed by atoms with van der Waals surface area (Å²) in [6.07, 6.45) is 3.06. The summed E-state index contributed by atoms with van der Waals surface area (Å²) >= 11 is 12.1. The van der Waals surface area contributed by atoms with Gasteiger partial charge in [-0.3, -0.25) is 0 Å². The lowest BCUT2D eigenvalue weighted by atomic mass is 9.78. The van der Waals surface area contributed by atoms with Crippen molar-refractivity contribution in [2.24, 2.45) is 5.92 Å². The second-order valence-corrected chi connectivity index (χ2v) is 9.90. The molecule has 2 nitrogen and oxygen atoms in total. The first kappa shape index (κ1) is 23.6. The molecule has 1 aliphatic rings. The van der Waals surface area contributed by atoms with E-state index in [4.69, 9.17) is 24.4 Å². The molecule has 3 aromatic carbocycles. The molecular weight excluding hydrogens is 440 g/mol. The zero-order valence-electron chi connectivity index (χ0n) is 19.4. The quantitative estimate of drug-likeness (QED) is 0.346. The lowest BCUT2D eigenvalue weighted by Gasteiger charge is -2.43. The maximum atomic E-state index is 6.29. The summed E-state index contributed by atoms with van der Waals surface area (Å²) in [7, 11) is 4.08. The summed E-state index contributed by atoms with van der Waals surface area (Å²) in [6, 6.07) is 32.5. The van der Waals surface area contributed by atoms with Gasteiger partial charge in [0, 0.05) is 33.0 Å². The average Bonchev–Trinajstić information content (AvgIpc) is 2.86. The molecule has 0 aromatic heterocycles. The lowest BCUT2D eigenvalue weighted by Crippen LogP contribution is -2.45. The van der Waals surface area contributed by atoms with E-state index < -0.39 is 0 Å². The summed E-state index contributed by atoms with van der Waals surface area (Å²) in [5, 5.41) is 0. The summed E-state index contributed by atoms with van der Waals surface area (Å²) in [6.45, 7) is 0.976. The zero-order chi connectivity index (χ0) is 23.2. The van der Waals surface area contributed by atoms with Gasteiger partial charge >= 0.3 is 0 Å². The Morgan fingerprint density at radius 1 is 0.848 bits per heavy atom. The topological polar surface area (TPSA) is 6.48 Å². The molecule has 1 fully saturated rings. The number of benzene rings is 3. The van der Waals surface area contributed by atoms with Crippen molar-refractivity contribution in [2.75, 3.05) is 20.6 Å². The molecule has 0 amide bonds. The molecule has 0 unspecified atom stereocenters. The van der Waals surface area contributed by atoms with E-state index in [-0.39, 0.29) is 17.9 Å². The van der Waals surface area contributed by atoms with E-state index in [1.54, 1.807) is 0 Å². The third-order valence-corrected chi connectivity index (χ3v) is 7.73. The van der Waals surface area contributed by atoms with Crippen LogP contribution in [0.3, 0.4) is 0 Å². The van der Waals surface area contributed by atoms with Crippen LogP contribution in [0.25, 0.3) is 0 Å². The normalized spacial score (nSPS) is 17.1. The molecule has 2 atom stereocenters. The molecule has 1 aliphatic heterocycles. The van der Waals surface area contributed by atoms with Gasteiger partial charge in [-0.25, -0.2) is 0 Å². The Labute approximate surface area is 209 Å². The molecular formula is C29H32N2S2. The molecule has 0 aliphatic carbocycles. The molecule has 0 saturated carbocycles. The van der Waals surface area contributed by atoms with Gasteiger partial charge in [-0.2, -0.15) is 0 Å². The van der Waals surface area contributed by atoms with Crippen molar-refractivity contribution < 1.29 is 0 Å². The van der Waals surface area contributed by atoms with Gasteiger partial charge in [-0.15, -0.1) is 0 Å². The Morgan fingerprint density at radius 2 is 1.33 bits per heavy atom. The van der Waals surface area contributed by atoms with Gasteiger partial charge < -0.3 is 9.80 Å². The number of likely N-dealkylation sites (tertiary alicyclic amines) is 1. The van der Waals surface area contributed by atoms with Gasteiger partial charge in [-0.1, -0.05) is 115 Å². The Hall–Kier alpha value is -2.56. The first-order chi connectivity index (χ1) is 16.1. The molecule has 170 valence electrons. The number of nitrogens with zero attached hydrogens (tertiary/aromatic N) is 2. The van der Waals surface area contributed by atoms with E-state index in [1.165, 1.54) is 16.7 Å². The van der Waals surface area contributed by atoms with Crippen molar-refractivity contribution in [3.63, 3.8) is 0 Å². The van der Waals surface area contributed by atoms with Gasteiger partial charge in [0.1, 0.15) is 0 Å². The fraction of sp³-hybridized carbons (Fsp3) is 0.310. The number of thiocarbonyl (C=S) groups is 2. The third-order valence-electron chi connectivity index (χ3n) is 6.66. The van der Waals surface area contributed by atoms with Gasteiger partial charge in [0.15, 0.2) is 0 Å². The minimum Gasteiger partial charge on any atom is -0.372 e. The Balaban J connectivity index is 1.71. The van der Waals surface area contributed by atoms with E-state index in [2.05, 4.69) is 101 Å². The molecule has 4 heteroatoms. The molecule has 33 heavy (non-hydrogen) atoms. The predicted octanol–water partition coefficient (Wildman–Crippen LogP) is 6.88. The molecule has 0 radical (unpaired) electrons. The molecule has 3 aromatic rings. The number of rotatable bonds is 7. The van der Waals surface area contributed by atoms with Crippen LogP contribution in [-0.2, 0) is 0 Å². The first-order valence-corrected chi connectivity index (χ1v) is 12.5. The van der Waals surface area contributed by atoms with Crippen LogP contribution in [0.2, 0.25) is 0 Å². The van der Waals surface area contributed by atoms with Crippen LogP contribution < -0.4 is 0 Å². The molecule has 0 bridgehead atoms. The van der Waals surface area contributed by atoms with Crippen LogP contribution in [0.1, 0.15) is 47.9 Å². The highest BCUT2D eigenvalue weighted by Gasteiger charge is 2.37. The Kier molecular flexibility index (Phi) is 7.89. The number of piperidine rings is 1. The zero-order valence-corrected chi connectivity index (χ0v) is 21.1. The van der Waals surface area contributed by atoms with Crippen LogP contribution >= 0.6 is 24.4 Å². The van der Waals surface area contributed by atoms with Crippen LogP contribution in [0.4, 0.5) is 0 Å². The standard InChI is InChI=1S/C29H32N2S2/c1-30(2)27(32)21-26(22-13-6-3-7-14-22)25-19-12-20-31(29(25)33)28(23-15-8-4-9-16-23)24-17-10-5-11-18-24/h3-11,13-18,25-26,28H,12,19-21H2,1-2H3/t25-,26+/m0/s1. The van der Waals surface area contributed by atoms with Crippen molar-refractivity contribution in [1.82, 2.24) is 9.80 Å². The molecule has 1 heterocycles. The summed E-state index contributed by atoms with van der Waals surface area (Å²) in [4.78, 5) is 6.58. The van der Waals surface area contributed by atoms with E-state index in [0.29, 0.717) is 0 Å². The minimum absolute atomic E-state index is 0.125. The van der Waals surface area contributed by atoms with E-state index in [0.717, 1.165) is 35.8 Å². The SMILES string of the molecule is CN(C)C(=S)C[C@H](c1ccccc1)[C@@H]1CCCN(C(c2ccccc2)c2ccccc2)C1=S. The van der Waals surface area contributed by atoms with Crippen molar-refractivity contribution in [1.29, 1.82) is 0 Å². The van der Waals surface area contributed by atoms with Crippen molar-refractivity contribution in [3.05, 3.63) is 108 Å². The van der Waals surface area contributed by atoms with Crippen LogP contribution in [0.5, 0.6) is 0 Å². The summed E-state index contributed by atoms with van der Waals surface area (Å²) in [5.41, 5.74) is 3.89. The first-order valence-electron chi connectivity index (χ1n) is 11.7. The highest BCUT2D eigenvalue weighted by molar-refractivity contribution is 7.80. The second-order valence-electron chi connectivity index (χ2n) is 9.01. The summed E-state index contributed by atoms with van der Waals surface area (Å²) in [5.74, 6) is 0.563. The van der Waals surface area contributed by atoms with Crippen molar-refractivity contribution in [3.8, 4) is 0 Å². The smallest absolute Gasteiger partial charge is 0.0824 e. The van der Waals surface area contributed by atoms with E-state index in [1.807, 2.05) is 14.1 Å². The predicted molar refractivity (Wildman–Crippen MR) is 147 cm³/mol. The van der Waals surface area contributed by atoms with Crippen LogP contribution in [0, 0.1) is 5.92 Å². The highest BCUT2D eigenvalue weighted by Crippen LogP contribution is 2.40. The van der Waals surface area contributed by atoms with Crippen LogP contribution in [0.15, 0.2) is 91.0 Å². The van der Waals surface area contributed by atoms with Gasteiger partial charge in [0.25, 0.3) is 0 Å². The molecule has 0 N–H and O–H groups in total. The number of hydrogen-bond donors (Lipinski definition) is 0. The van der Waals surface area contributed by atoms with E-state index >= 15 is 0 Å². The second kappa shape index (κ2) is 11.0. The fourth-order valence-electron chi connectivity index (χ4n) is 4.94.